The van der Waals surface area contributed by atoms with E-state index in [0.717, 1.165) is 32.1 Å². The Morgan fingerprint density at radius 3 is 2.56 bits per heavy atom. The summed E-state index contributed by atoms with van der Waals surface area (Å²) in [5.41, 5.74) is -0.275. The van der Waals surface area contributed by atoms with E-state index in [1.165, 1.54) is 5.57 Å². The lowest BCUT2D eigenvalue weighted by Crippen LogP contribution is -2.60. The lowest BCUT2D eigenvalue weighted by Gasteiger charge is -2.61. The Hall–Kier alpha value is -0.820. The van der Waals surface area contributed by atoms with Crippen LogP contribution in [0.4, 0.5) is 0 Å². The van der Waals surface area contributed by atoms with Crippen LogP contribution in [0.2, 0.25) is 0 Å². The molecule has 3 N–H and O–H groups in total. The third-order valence-corrected chi connectivity index (χ3v) is 8.33. The number of fused-ring (bicyclic) bond motifs is 3. The minimum absolute atomic E-state index is 0.0554. The van der Waals surface area contributed by atoms with Crippen LogP contribution in [0.25, 0.3) is 0 Å². The van der Waals surface area contributed by atoms with E-state index in [4.69, 9.17) is 6.42 Å². The van der Waals surface area contributed by atoms with Crippen LogP contribution >= 0.6 is 0 Å². The van der Waals surface area contributed by atoms with Crippen molar-refractivity contribution in [2.45, 2.75) is 84.0 Å². The first-order valence-electron chi connectivity index (χ1n) is 9.88. The Labute approximate surface area is 152 Å². The van der Waals surface area contributed by atoms with Crippen molar-refractivity contribution in [3.63, 3.8) is 0 Å². The second-order valence-corrected chi connectivity index (χ2v) is 9.37. The minimum Gasteiger partial charge on any atom is -0.393 e. The summed E-state index contributed by atoms with van der Waals surface area (Å²) in [5, 5.41) is 32.1. The molecule has 3 aliphatic rings. The molecule has 140 valence electrons. The van der Waals surface area contributed by atoms with Crippen molar-refractivity contribution in [2.75, 3.05) is 0 Å². The van der Waals surface area contributed by atoms with E-state index in [1.54, 1.807) is 6.92 Å². The van der Waals surface area contributed by atoms with Gasteiger partial charge in [-0.05, 0) is 62.2 Å². The second kappa shape index (κ2) is 6.12. The molecule has 3 nitrogen and oxygen atoms in total. The first kappa shape index (κ1) is 19.0. The standard InChI is InChI=1S/C22H34O3/c1-6-16-19-17(9-11-21(16,4)22(5,25)7-2)20(3)10-8-15(23)12-14(20)13-18(19)24/h2,13,15-19,23-25H,6,8-12H2,1,3-5H3/t15?,16?,17?,18?,19?,20?,21?,22-/m1/s1. The molecule has 3 aliphatic carbocycles. The molecule has 2 saturated carbocycles. The van der Waals surface area contributed by atoms with Gasteiger partial charge in [0, 0.05) is 5.41 Å². The smallest absolute Gasteiger partial charge is 0.128 e. The summed E-state index contributed by atoms with van der Waals surface area (Å²) in [6.45, 7) is 8.33. The van der Waals surface area contributed by atoms with Gasteiger partial charge in [0.15, 0.2) is 0 Å². The number of terminal acetylenes is 1. The summed E-state index contributed by atoms with van der Waals surface area (Å²) >= 11 is 0. The van der Waals surface area contributed by atoms with Crippen LogP contribution < -0.4 is 0 Å². The number of hydrogen-bond donors (Lipinski definition) is 3. The highest BCUT2D eigenvalue weighted by atomic mass is 16.3. The summed E-state index contributed by atoms with van der Waals surface area (Å²) < 4.78 is 0. The third-order valence-electron chi connectivity index (χ3n) is 8.33. The van der Waals surface area contributed by atoms with Crippen LogP contribution in [-0.4, -0.2) is 33.1 Å². The van der Waals surface area contributed by atoms with Gasteiger partial charge in [-0.2, -0.15) is 0 Å². The zero-order valence-corrected chi connectivity index (χ0v) is 16.1. The zero-order chi connectivity index (χ0) is 18.6. The normalized spacial score (nSPS) is 49.2. The lowest BCUT2D eigenvalue weighted by molar-refractivity contribution is -0.151. The maximum atomic E-state index is 11.0. The Bertz CT molecular complexity index is 601. The van der Waals surface area contributed by atoms with Gasteiger partial charge in [-0.15, -0.1) is 6.42 Å². The maximum Gasteiger partial charge on any atom is 0.128 e. The van der Waals surface area contributed by atoms with Crippen molar-refractivity contribution in [3.8, 4) is 12.3 Å². The van der Waals surface area contributed by atoms with E-state index < -0.39 is 17.1 Å². The van der Waals surface area contributed by atoms with Gasteiger partial charge in [0.25, 0.3) is 0 Å². The largest absolute Gasteiger partial charge is 0.393 e. The van der Waals surface area contributed by atoms with Crippen molar-refractivity contribution in [1.82, 2.24) is 0 Å². The van der Waals surface area contributed by atoms with E-state index in [2.05, 4.69) is 26.7 Å². The van der Waals surface area contributed by atoms with Gasteiger partial charge in [-0.25, -0.2) is 0 Å². The predicted molar refractivity (Wildman–Crippen MR) is 99.6 cm³/mol. The summed E-state index contributed by atoms with van der Waals surface area (Å²) in [5.74, 6) is 3.31. The van der Waals surface area contributed by atoms with Gasteiger partial charge in [0.2, 0.25) is 0 Å². The van der Waals surface area contributed by atoms with Gasteiger partial charge in [-0.1, -0.05) is 44.8 Å². The molecule has 0 aromatic heterocycles. The van der Waals surface area contributed by atoms with Crippen LogP contribution in [-0.2, 0) is 0 Å². The third kappa shape index (κ3) is 2.60. The molecule has 2 fully saturated rings. The molecule has 7 unspecified atom stereocenters. The Morgan fingerprint density at radius 1 is 1.28 bits per heavy atom. The molecule has 0 bridgehead atoms. The number of aliphatic hydroxyl groups is 3. The highest BCUT2D eigenvalue weighted by Crippen LogP contribution is 2.63. The van der Waals surface area contributed by atoms with Crippen molar-refractivity contribution in [1.29, 1.82) is 0 Å². The summed E-state index contributed by atoms with van der Waals surface area (Å²) in [6, 6.07) is 0. The van der Waals surface area contributed by atoms with Crippen LogP contribution in [0.5, 0.6) is 0 Å². The molecular formula is C22H34O3. The molecule has 3 heteroatoms. The van der Waals surface area contributed by atoms with Gasteiger partial charge in [-0.3, -0.25) is 0 Å². The fourth-order valence-corrected chi connectivity index (χ4v) is 6.46. The SMILES string of the molecule is C#C[C@@](C)(O)C1(C)CCC2C(C(O)C=C3CC(O)CCC32C)C1CC. The minimum atomic E-state index is -1.17. The van der Waals surface area contributed by atoms with Crippen molar-refractivity contribution in [2.24, 2.45) is 28.6 Å². The molecule has 0 aromatic rings. The fourth-order valence-electron chi connectivity index (χ4n) is 6.46. The molecule has 25 heavy (non-hydrogen) atoms. The molecule has 0 radical (unpaired) electrons. The Morgan fingerprint density at radius 2 is 1.96 bits per heavy atom. The maximum absolute atomic E-state index is 11.0. The van der Waals surface area contributed by atoms with E-state index in [0.29, 0.717) is 12.3 Å². The van der Waals surface area contributed by atoms with E-state index in [1.807, 2.05) is 6.08 Å². The lowest BCUT2D eigenvalue weighted by atomic mass is 9.44. The second-order valence-electron chi connectivity index (χ2n) is 9.37. The fraction of sp³-hybridized carbons (Fsp3) is 0.818. The zero-order valence-electron chi connectivity index (χ0n) is 16.1. The van der Waals surface area contributed by atoms with Crippen molar-refractivity contribution >= 4 is 0 Å². The average molecular weight is 347 g/mol. The molecular weight excluding hydrogens is 312 g/mol. The van der Waals surface area contributed by atoms with E-state index in [-0.39, 0.29) is 23.4 Å². The molecule has 0 heterocycles. The number of aliphatic hydroxyl groups excluding tert-OH is 2. The van der Waals surface area contributed by atoms with Gasteiger partial charge in [0.1, 0.15) is 5.60 Å². The summed E-state index contributed by atoms with van der Waals surface area (Å²) in [4.78, 5) is 0. The predicted octanol–water partition coefficient (Wildman–Crippen LogP) is 3.28. The quantitative estimate of drug-likeness (QED) is 0.531. The molecule has 0 saturated heterocycles. The molecule has 8 atom stereocenters. The topological polar surface area (TPSA) is 60.7 Å². The molecule has 0 aromatic carbocycles. The Balaban J connectivity index is 2.04. The molecule has 0 spiro atoms. The van der Waals surface area contributed by atoms with Crippen molar-refractivity contribution < 1.29 is 15.3 Å². The Kier molecular flexibility index (Phi) is 4.64. The van der Waals surface area contributed by atoms with Crippen LogP contribution in [0.1, 0.15) is 66.2 Å². The van der Waals surface area contributed by atoms with Crippen LogP contribution in [0, 0.1) is 40.9 Å². The highest BCUT2D eigenvalue weighted by Gasteiger charge is 2.60. The molecule has 0 aliphatic heterocycles. The molecule has 3 rings (SSSR count). The number of rotatable bonds is 2. The van der Waals surface area contributed by atoms with Gasteiger partial charge < -0.3 is 15.3 Å². The number of hydrogen-bond acceptors (Lipinski definition) is 3. The first-order valence-corrected chi connectivity index (χ1v) is 9.88. The van der Waals surface area contributed by atoms with Crippen LogP contribution in [0.15, 0.2) is 11.6 Å². The first-order chi connectivity index (χ1) is 11.6. The van der Waals surface area contributed by atoms with E-state index >= 15 is 0 Å². The van der Waals surface area contributed by atoms with Crippen molar-refractivity contribution in [3.05, 3.63) is 11.6 Å². The van der Waals surface area contributed by atoms with Gasteiger partial charge >= 0.3 is 0 Å². The molecule has 0 amide bonds. The summed E-state index contributed by atoms with van der Waals surface area (Å²) in [7, 11) is 0. The highest BCUT2D eigenvalue weighted by molar-refractivity contribution is 5.28. The van der Waals surface area contributed by atoms with Crippen LogP contribution in [0.3, 0.4) is 0 Å². The monoisotopic (exact) mass is 346 g/mol. The average Bonchev–Trinajstić information content (AvgIpc) is 2.56. The summed E-state index contributed by atoms with van der Waals surface area (Å²) in [6.07, 6.45) is 12.2. The van der Waals surface area contributed by atoms with Gasteiger partial charge in [0.05, 0.1) is 12.2 Å². The van der Waals surface area contributed by atoms with E-state index in [9.17, 15) is 15.3 Å².